The van der Waals surface area contributed by atoms with Crippen molar-refractivity contribution in [2.75, 3.05) is 0 Å². The van der Waals surface area contributed by atoms with Crippen molar-refractivity contribution in [3.63, 3.8) is 0 Å². The maximum absolute atomic E-state index is 4.22. The molecule has 0 aromatic heterocycles. The molecular formula is C28H26Cl2Zr. The van der Waals surface area contributed by atoms with Crippen molar-refractivity contribution < 1.29 is 51.0 Å². The van der Waals surface area contributed by atoms with Crippen LogP contribution in [0.25, 0.3) is 17.2 Å². The first kappa shape index (κ1) is 26.1. The normalized spacial score (nSPS) is 16.7. The fraction of sp³-hybridized carbons (Fsp3) is 0.214. The third kappa shape index (κ3) is 4.66. The predicted octanol–water partition coefficient (Wildman–Crippen LogP) is 1.15. The van der Waals surface area contributed by atoms with E-state index in [1.807, 2.05) is 0 Å². The Bertz CT molecular complexity index is 1050. The molecule has 0 aliphatic heterocycles. The van der Waals surface area contributed by atoms with Gasteiger partial charge in [0.15, 0.2) is 0 Å². The molecule has 0 spiro atoms. The molecule has 0 saturated carbocycles. The summed E-state index contributed by atoms with van der Waals surface area (Å²) in [6.07, 6.45) is 6.18. The predicted molar refractivity (Wildman–Crippen MR) is 119 cm³/mol. The summed E-state index contributed by atoms with van der Waals surface area (Å²) in [4.78, 5) is 0. The maximum atomic E-state index is 4.22. The van der Waals surface area contributed by atoms with Gasteiger partial charge in [0.1, 0.15) is 0 Å². The molecule has 3 aromatic carbocycles. The molecular weight excluding hydrogens is 498 g/mol. The van der Waals surface area contributed by atoms with Crippen LogP contribution in [0.15, 0.2) is 66.2 Å². The molecule has 0 nitrogen and oxygen atoms in total. The van der Waals surface area contributed by atoms with E-state index in [2.05, 4.69) is 87.5 Å². The molecule has 0 N–H and O–H groups in total. The summed E-state index contributed by atoms with van der Waals surface area (Å²) in [6, 6.07) is 21.8. The Hall–Kier alpha value is -1.14. The van der Waals surface area contributed by atoms with Gasteiger partial charge in [-0.3, -0.25) is 0 Å². The molecule has 31 heavy (non-hydrogen) atoms. The van der Waals surface area contributed by atoms with Gasteiger partial charge in [-0.1, -0.05) is 72.3 Å². The fourth-order valence-electron chi connectivity index (χ4n) is 4.94. The molecule has 3 aliphatic rings. The zero-order chi connectivity index (χ0) is 19.3. The minimum atomic E-state index is 0. The first-order valence-corrected chi connectivity index (χ1v) is 10.3. The van der Waals surface area contributed by atoms with Gasteiger partial charge in [-0.05, 0) is 84.5 Å². The molecule has 0 amide bonds. The number of fused-ring (bicyclic) bond motifs is 5. The van der Waals surface area contributed by atoms with Crippen LogP contribution in [-0.2, 0) is 39.0 Å². The van der Waals surface area contributed by atoms with Crippen LogP contribution in [0.3, 0.4) is 0 Å². The first-order chi connectivity index (χ1) is 13.6. The second-order valence-corrected chi connectivity index (χ2v) is 8.27. The van der Waals surface area contributed by atoms with E-state index in [9.17, 15) is 0 Å². The largest absolute Gasteiger partial charge is 2.00 e. The van der Waals surface area contributed by atoms with Crippen LogP contribution in [0.1, 0.15) is 58.6 Å². The van der Waals surface area contributed by atoms with Crippen LogP contribution in [0.5, 0.6) is 0 Å². The maximum Gasteiger partial charge on any atom is 2.00 e. The smallest absolute Gasteiger partial charge is 1.00 e. The Morgan fingerprint density at radius 1 is 0.710 bits per heavy atom. The first-order valence-electron chi connectivity index (χ1n) is 10.3. The average Bonchev–Trinajstić information content (AvgIpc) is 3.38. The van der Waals surface area contributed by atoms with Crippen molar-refractivity contribution in [2.45, 2.75) is 38.0 Å². The molecule has 2 radical (unpaired) electrons. The van der Waals surface area contributed by atoms with Crippen LogP contribution in [0.2, 0.25) is 0 Å². The van der Waals surface area contributed by atoms with E-state index in [0.717, 1.165) is 0 Å². The van der Waals surface area contributed by atoms with Crippen molar-refractivity contribution in [1.82, 2.24) is 0 Å². The summed E-state index contributed by atoms with van der Waals surface area (Å²) in [7, 11) is 0. The second-order valence-electron chi connectivity index (χ2n) is 8.27. The minimum absolute atomic E-state index is 0. The molecule has 3 heteroatoms. The van der Waals surface area contributed by atoms with Crippen LogP contribution < -0.4 is 24.8 Å². The van der Waals surface area contributed by atoms with Gasteiger partial charge in [0, 0.05) is 11.8 Å². The molecule has 0 saturated heterocycles. The Labute approximate surface area is 218 Å². The number of benzene rings is 3. The van der Waals surface area contributed by atoms with Gasteiger partial charge in [0.2, 0.25) is 0 Å². The summed E-state index contributed by atoms with van der Waals surface area (Å²) in [5.41, 5.74) is 12.8. The van der Waals surface area contributed by atoms with Crippen molar-refractivity contribution in [2.24, 2.45) is 0 Å². The molecule has 3 aromatic rings. The van der Waals surface area contributed by atoms with Crippen LogP contribution in [0, 0.1) is 13.8 Å². The van der Waals surface area contributed by atoms with E-state index in [1.54, 1.807) is 11.1 Å². The molecule has 156 valence electrons. The van der Waals surface area contributed by atoms with E-state index in [0.29, 0.717) is 11.8 Å². The van der Waals surface area contributed by atoms with Crippen LogP contribution in [-0.4, -0.2) is 0 Å². The summed E-state index contributed by atoms with van der Waals surface area (Å²) >= 11 is 0. The molecule has 0 fully saturated rings. The van der Waals surface area contributed by atoms with Crippen LogP contribution >= 0.6 is 0 Å². The summed E-state index contributed by atoms with van der Waals surface area (Å²) < 4.78 is 0. The third-order valence-corrected chi connectivity index (χ3v) is 6.57. The number of hydrogen-bond acceptors (Lipinski definition) is 0. The zero-order valence-electron chi connectivity index (χ0n) is 17.8. The Balaban J connectivity index is 0.000000201. The van der Waals surface area contributed by atoms with Crippen molar-refractivity contribution in [3.8, 4) is 11.1 Å². The van der Waals surface area contributed by atoms with E-state index in [-0.39, 0.29) is 51.0 Å². The number of hydrogen-bond donors (Lipinski definition) is 0. The topological polar surface area (TPSA) is 0 Å². The van der Waals surface area contributed by atoms with Crippen LogP contribution in [0.4, 0.5) is 0 Å². The van der Waals surface area contributed by atoms with Crippen molar-refractivity contribution in [1.29, 1.82) is 0 Å². The minimum Gasteiger partial charge on any atom is -1.00 e. The summed E-state index contributed by atoms with van der Waals surface area (Å²) in [5, 5.41) is 0. The molecule has 0 bridgehead atoms. The van der Waals surface area contributed by atoms with Gasteiger partial charge in [-0.25, -0.2) is 0 Å². The van der Waals surface area contributed by atoms with Gasteiger partial charge < -0.3 is 24.8 Å². The van der Waals surface area contributed by atoms with E-state index in [4.69, 9.17) is 0 Å². The number of aryl methyl sites for hydroxylation is 2. The Kier molecular flexibility index (Phi) is 8.98. The molecule has 3 aliphatic carbocycles. The number of halogens is 2. The van der Waals surface area contributed by atoms with Gasteiger partial charge >= 0.3 is 26.2 Å². The third-order valence-electron chi connectivity index (χ3n) is 6.57. The molecule has 1 unspecified atom stereocenters. The van der Waals surface area contributed by atoms with Gasteiger partial charge in [0.25, 0.3) is 0 Å². The zero-order valence-corrected chi connectivity index (χ0v) is 21.8. The van der Waals surface area contributed by atoms with E-state index >= 15 is 0 Å². The monoisotopic (exact) mass is 522 g/mol. The Morgan fingerprint density at radius 2 is 1.23 bits per heavy atom. The van der Waals surface area contributed by atoms with Gasteiger partial charge in [-0.2, -0.15) is 0 Å². The standard InChI is InChI=1S/C14H15.C14H11.2ClH.Zr/c1-9-6-13-7-11-4-3-5-12(11)8-14(13)10(9)2;1-10-11-6-2-4-8-13(11)14-9-5-3-7-12(10)14;;;/h6-8,10H,2-5H2,1H3;2-10H,1H2;2*1H;/q;;;;+2/p-2. The van der Waals surface area contributed by atoms with Gasteiger partial charge in [-0.15, -0.1) is 0 Å². The van der Waals surface area contributed by atoms with Crippen molar-refractivity contribution in [3.05, 3.63) is 113 Å². The van der Waals surface area contributed by atoms with Crippen molar-refractivity contribution >= 4 is 6.08 Å². The molecule has 0 heterocycles. The average molecular weight is 525 g/mol. The quantitative estimate of drug-likeness (QED) is 0.414. The van der Waals surface area contributed by atoms with Gasteiger partial charge in [0.05, 0.1) is 0 Å². The molecule has 6 rings (SSSR count). The summed E-state index contributed by atoms with van der Waals surface area (Å²) in [5.74, 6) is 0.707. The summed E-state index contributed by atoms with van der Waals surface area (Å²) in [6.45, 7) is 10.6. The number of allylic oxidation sites excluding steroid dienone is 1. The SMILES string of the molecule is [CH2]C1C(C)=Cc2cc3c(cc21)CCC3.[CH2]C1c2ccccc2-c2ccccc21.[Cl-].[Cl-].[Zr+2]. The van der Waals surface area contributed by atoms with E-state index in [1.165, 1.54) is 58.2 Å². The Morgan fingerprint density at radius 3 is 1.81 bits per heavy atom. The van der Waals surface area contributed by atoms with E-state index < -0.39 is 0 Å². The second kappa shape index (κ2) is 10.7. The fourth-order valence-corrected chi connectivity index (χ4v) is 4.94. The molecule has 1 atom stereocenters. The number of rotatable bonds is 0.